The van der Waals surface area contributed by atoms with E-state index in [0.29, 0.717) is 0 Å². The molecule has 0 aliphatic heterocycles. The zero-order valence-corrected chi connectivity index (χ0v) is 31.9. The van der Waals surface area contributed by atoms with E-state index >= 15 is 0 Å². The van der Waals surface area contributed by atoms with Gasteiger partial charge in [-0.1, -0.05) is 140 Å². The number of para-hydroxylation sites is 3. The van der Waals surface area contributed by atoms with E-state index in [1.54, 1.807) is 0 Å². The highest BCUT2D eigenvalue weighted by atomic mass is 15.1. The fraction of sp³-hybridized carbons (Fsp3) is 0. The van der Waals surface area contributed by atoms with Gasteiger partial charge < -0.3 is 9.13 Å². The predicted molar refractivity (Wildman–Crippen MR) is 248 cm³/mol. The van der Waals surface area contributed by atoms with Crippen LogP contribution in [0.4, 0.5) is 0 Å². The quantitative estimate of drug-likeness (QED) is 0.165. The van der Waals surface area contributed by atoms with E-state index in [0.717, 1.165) is 39.5 Å². The summed E-state index contributed by atoms with van der Waals surface area (Å²) in [5, 5.41) is 12.3. The third kappa shape index (κ3) is 4.63. The number of fused-ring (bicyclic) bond motifs is 13. The monoisotopic (exact) mass is 750 g/mol. The molecule has 59 heavy (non-hydrogen) atoms. The van der Waals surface area contributed by atoms with Gasteiger partial charge in [0.15, 0.2) is 0 Å². The van der Waals surface area contributed by atoms with Gasteiger partial charge in [-0.25, -0.2) is 4.98 Å². The van der Waals surface area contributed by atoms with Crippen LogP contribution in [-0.4, -0.2) is 18.7 Å². The summed E-state index contributed by atoms with van der Waals surface area (Å²) in [6.07, 6.45) is 0. The molecule has 13 aromatic rings. The second-order valence-electron chi connectivity index (χ2n) is 15.6. The SMILES string of the molecule is c1ccc(-c2nc3ccc4ccc5cc(-n6c7ccccc7c7cc8c9c%10ccccc%10ccc9n(-c9ccccc9)c8cc76)ccc5c4c3n2-c2ccccc2)cc1. The lowest BCUT2D eigenvalue weighted by atomic mass is 10.00. The summed E-state index contributed by atoms with van der Waals surface area (Å²) in [5.74, 6) is 0.936. The first-order valence-corrected chi connectivity index (χ1v) is 20.2. The molecule has 4 nitrogen and oxygen atoms in total. The molecule has 0 radical (unpaired) electrons. The molecule has 0 aliphatic carbocycles. The molecule has 274 valence electrons. The summed E-state index contributed by atoms with van der Waals surface area (Å²) in [6.45, 7) is 0. The molecule has 0 saturated heterocycles. The van der Waals surface area contributed by atoms with Gasteiger partial charge in [-0.2, -0.15) is 0 Å². The Hall–Kier alpha value is -7.95. The van der Waals surface area contributed by atoms with Gasteiger partial charge in [0.05, 0.1) is 33.1 Å². The molecule has 0 spiro atoms. The normalized spacial score (nSPS) is 12.1. The third-order valence-electron chi connectivity index (χ3n) is 12.4. The van der Waals surface area contributed by atoms with Crippen molar-refractivity contribution in [3.8, 4) is 28.5 Å². The molecule has 0 aliphatic rings. The highest BCUT2D eigenvalue weighted by Crippen LogP contribution is 2.43. The van der Waals surface area contributed by atoms with Crippen molar-refractivity contribution in [2.24, 2.45) is 0 Å². The minimum atomic E-state index is 0.936. The number of benzene rings is 10. The Kier molecular flexibility index (Phi) is 6.69. The van der Waals surface area contributed by atoms with Crippen molar-refractivity contribution in [3.05, 3.63) is 206 Å². The predicted octanol–water partition coefficient (Wildman–Crippen LogP) is 14.3. The maximum Gasteiger partial charge on any atom is 0.145 e. The first kappa shape index (κ1) is 32.2. The maximum absolute atomic E-state index is 5.29. The van der Waals surface area contributed by atoms with Gasteiger partial charge in [0.2, 0.25) is 0 Å². The van der Waals surface area contributed by atoms with Gasteiger partial charge in [-0.05, 0) is 93.7 Å². The van der Waals surface area contributed by atoms with E-state index in [4.69, 9.17) is 4.98 Å². The van der Waals surface area contributed by atoms with Gasteiger partial charge in [-0.3, -0.25) is 4.57 Å². The molecule has 0 fully saturated rings. The Morgan fingerprint density at radius 2 is 0.915 bits per heavy atom. The molecular weight excluding hydrogens is 717 g/mol. The Balaban J connectivity index is 1.10. The van der Waals surface area contributed by atoms with Gasteiger partial charge >= 0.3 is 0 Å². The van der Waals surface area contributed by atoms with Crippen LogP contribution < -0.4 is 0 Å². The van der Waals surface area contributed by atoms with Crippen LogP contribution in [0, 0.1) is 0 Å². The van der Waals surface area contributed by atoms with E-state index in [9.17, 15) is 0 Å². The first-order chi connectivity index (χ1) is 29.3. The fourth-order valence-corrected chi connectivity index (χ4v) is 9.83. The first-order valence-electron chi connectivity index (χ1n) is 20.2. The minimum Gasteiger partial charge on any atom is -0.309 e. The van der Waals surface area contributed by atoms with Gasteiger partial charge in [-0.15, -0.1) is 0 Å². The molecule has 0 N–H and O–H groups in total. The highest BCUT2D eigenvalue weighted by molar-refractivity contribution is 6.26. The van der Waals surface area contributed by atoms with Crippen LogP contribution in [0.5, 0.6) is 0 Å². The van der Waals surface area contributed by atoms with Crippen molar-refractivity contribution in [1.29, 1.82) is 0 Å². The Bertz CT molecular complexity index is 3820. The van der Waals surface area contributed by atoms with Crippen LogP contribution in [0.1, 0.15) is 0 Å². The lowest BCUT2D eigenvalue weighted by Crippen LogP contribution is -1.98. The van der Waals surface area contributed by atoms with Gasteiger partial charge in [0.25, 0.3) is 0 Å². The number of aromatic nitrogens is 4. The lowest BCUT2D eigenvalue weighted by Gasteiger charge is -2.14. The topological polar surface area (TPSA) is 27.7 Å². The summed E-state index contributed by atoms with van der Waals surface area (Å²) in [6, 6.07) is 74.9. The molecule has 0 bridgehead atoms. The largest absolute Gasteiger partial charge is 0.309 e. The van der Waals surface area contributed by atoms with E-state index in [1.807, 2.05) is 0 Å². The smallest absolute Gasteiger partial charge is 0.145 e. The second kappa shape index (κ2) is 12.3. The molecule has 0 amide bonds. The van der Waals surface area contributed by atoms with Crippen LogP contribution in [0.15, 0.2) is 206 Å². The number of hydrogen-bond acceptors (Lipinski definition) is 1. The second-order valence-corrected chi connectivity index (χ2v) is 15.6. The van der Waals surface area contributed by atoms with E-state index in [2.05, 4.69) is 220 Å². The van der Waals surface area contributed by atoms with Crippen molar-refractivity contribution in [2.45, 2.75) is 0 Å². The van der Waals surface area contributed by atoms with Crippen LogP contribution in [0.25, 0.3) is 115 Å². The van der Waals surface area contributed by atoms with Crippen LogP contribution in [0.3, 0.4) is 0 Å². The zero-order chi connectivity index (χ0) is 38.6. The molecule has 0 atom stereocenters. The molecule has 0 unspecified atom stereocenters. The van der Waals surface area contributed by atoms with Crippen molar-refractivity contribution in [3.63, 3.8) is 0 Å². The average molecular weight is 751 g/mol. The van der Waals surface area contributed by atoms with Crippen molar-refractivity contribution >= 4 is 87.0 Å². The number of rotatable bonds is 4. The van der Waals surface area contributed by atoms with E-state index in [1.165, 1.54) is 75.9 Å². The Morgan fingerprint density at radius 3 is 1.73 bits per heavy atom. The van der Waals surface area contributed by atoms with Crippen molar-refractivity contribution < 1.29 is 0 Å². The molecule has 10 aromatic carbocycles. The third-order valence-corrected chi connectivity index (χ3v) is 12.4. The average Bonchev–Trinajstić information content (AvgIpc) is 3.96. The van der Waals surface area contributed by atoms with Gasteiger partial charge in [0, 0.05) is 49.6 Å². The standard InChI is InChI=1S/C55H34N4/c1-4-15-37(16-5-1)55-56-47-30-26-36-24-25-38-32-41(28-29-43(38)52(36)54(47)59(55)40-19-8-3-9-20-40)58-48-23-13-12-22-44(48)45-33-46-51(34-50(45)58)57(39-17-6-2-7-18-39)49-31-27-35-14-10-11-21-42(35)53(46)49/h1-34H. The Morgan fingerprint density at radius 1 is 0.305 bits per heavy atom. The zero-order valence-electron chi connectivity index (χ0n) is 31.9. The summed E-state index contributed by atoms with van der Waals surface area (Å²) in [5.41, 5.74) is 11.3. The number of nitrogens with zero attached hydrogens (tertiary/aromatic N) is 4. The molecular formula is C55H34N4. The molecule has 4 heteroatoms. The van der Waals surface area contributed by atoms with Crippen LogP contribution >= 0.6 is 0 Å². The fourth-order valence-electron chi connectivity index (χ4n) is 9.83. The summed E-state index contributed by atoms with van der Waals surface area (Å²) in [4.78, 5) is 5.29. The lowest BCUT2D eigenvalue weighted by molar-refractivity contribution is 1.11. The molecule has 13 rings (SSSR count). The van der Waals surface area contributed by atoms with Crippen molar-refractivity contribution in [1.82, 2.24) is 18.7 Å². The minimum absolute atomic E-state index is 0.936. The number of hydrogen-bond donors (Lipinski definition) is 0. The summed E-state index contributed by atoms with van der Waals surface area (Å²) in [7, 11) is 0. The summed E-state index contributed by atoms with van der Waals surface area (Å²) >= 11 is 0. The number of imidazole rings is 1. The highest BCUT2D eigenvalue weighted by Gasteiger charge is 2.22. The summed E-state index contributed by atoms with van der Waals surface area (Å²) < 4.78 is 7.24. The van der Waals surface area contributed by atoms with E-state index < -0.39 is 0 Å². The molecule has 3 aromatic heterocycles. The van der Waals surface area contributed by atoms with E-state index in [-0.39, 0.29) is 0 Å². The Labute approximate surface area is 339 Å². The maximum atomic E-state index is 5.29. The van der Waals surface area contributed by atoms with Crippen molar-refractivity contribution in [2.75, 3.05) is 0 Å². The van der Waals surface area contributed by atoms with Crippen LogP contribution in [0.2, 0.25) is 0 Å². The molecule has 0 saturated carbocycles. The van der Waals surface area contributed by atoms with Crippen LogP contribution in [-0.2, 0) is 0 Å². The van der Waals surface area contributed by atoms with Gasteiger partial charge in [0.1, 0.15) is 5.82 Å². The molecule has 3 heterocycles.